The van der Waals surface area contributed by atoms with Crippen molar-refractivity contribution in [3.05, 3.63) is 18.2 Å². The van der Waals surface area contributed by atoms with Gasteiger partial charge >= 0.3 is 0 Å². The molecule has 2 heterocycles. The Hall–Kier alpha value is -1.16. The number of imidazole rings is 1. The molecule has 0 spiro atoms. The molecule has 0 aliphatic carbocycles. The van der Waals surface area contributed by atoms with Gasteiger partial charge in [-0.3, -0.25) is 9.69 Å². The molecule has 0 radical (unpaired) electrons. The maximum absolute atomic E-state index is 11.3. The van der Waals surface area contributed by atoms with Gasteiger partial charge in [0.15, 0.2) is 0 Å². The standard InChI is InChI=1S/C14H23N3O/c1-3-6-17-11-15-9-14(17)10-16-7-4-5-13(16)8-12(2)18/h9,11,13H,3-8,10H2,1-2H3. The van der Waals surface area contributed by atoms with Gasteiger partial charge in [0.25, 0.3) is 0 Å². The molecule has 1 unspecified atom stereocenters. The number of aryl methyl sites for hydroxylation is 1. The van der Waals surface area contributed by atoms with Gasteiger partial charge < -0.3 is 4.57 Å². The number of likely N-dealkylation sites (tertiary alicyclic amines) is 1. The number of hydrogen-bond donors (Lipinski definition) is 0. The van der Waals surface area contributed by atoms with Crippen LogP contribution in [0.4, 0.5) is 0 Å². The highest BCUT2D eigenvalue weighted by Crippen LogP contribution is 2.22. The number of nitrogens with zero attached hydrogens (tertiary/aromatic N) is 3. The zero-order valence-electron chi connectivity index (χ0n) is 11.4. The Labute approximate surface area is 109 Å². The molecule has 100 valence electrons. The predicted molar refractivity (Wildman–Crippen MR) is 71.2 cm³/mol. The van der Waals surface area contributed by atoms with Crippen LogP contribution < -0.4 is 0 Å². The van der Waals surface area contributed by atoms with Gasteiger partial charge in [0.2, 0.25) is 0 Å². The van der Waals surface area contributed by atoms with Gasteiger partial charge in [-0.2, -0.15) is 0 Å². The maximum atomic E-state index is 11.3. The molecular formula is C14H23N3O. The number of ketones is 1. The van der Waals surface area contributed by atoms with Gasteiger partial charge in [0.1, 0.15) is 5.78 Å². The second-order valence-corrected chi connectivity index (χ2v) is 5.25. The van der Waals surface area contributed by atoms with E-state index in [0.29, 0.717) is 18.2 Å². The van der Waals surface area contributed by atoms with Crippen LogP contribution in [0.5, 0.6) is 0 Å². The minimum atomic E-state index is 0.300. The van der Waals surface area contributed by atoms with E-state index in [1.54, 1.807) is 6.92 Å². The third kappa shape index (κ3) is 3.19. The minimum absolute atomic E-state index is 0.300. The first-order chi connectivity index (χ1) is 8.70. The van der Waals surface area contributed by atoms with Crippen molar-refractivity contribution in [2.45, 2.75) is 58.7 Å². The average Bonchev–Trinajstić information content (AvgIpc) is 2.91. The summed E-state index contributed by atoms with van der Waals surface area (Å²) in [6.45, 7) is 6.93. The lowest BCUT2D eigenvalue weighted by atomic mass is 10.1. The molecule has 1 aliphatic rings. The molecule has 1 aromatic rings. The van der Waals surface area contributed by atoms with Crippen molar-refractivity contribution in [1.82, 2.24) is 14.5 Å². The van der Waals surface area contributed by atoms with Gasteiger partial charge in [-0.1, -0.05) is 6.92 Å². The Morgan fingerprint density at radius 3 is 3.11 bits per heavy atom. The molecule has 18 heavy (non-hydrogen) atoms. The highest BCUT2D eigenvalue weighted by Gasteiger charge is 2.26. The Morgan fingerprint density at radius 2 is 2.39 bits per heavy atom. The fourth-order valence-corrected chi connectivity index (χ4v) is 2.80. The van der Waals surface area contributed by atoms with Crippen LogP contribution in [0.25, 0.3) is 0 Å². The van der Waals surface area contributed by atoms with Crippen LogP contribution >= 0.6 is 0 Å². The molecule has 4 heteroatoms. The topological polar surface area (TPSA) is 38.1 Å². The Bertz CT molecular complexity index is 399. The van der Waals surface area contributed by atoms with Gasteiger partial charge in [-0.25, -0.2) is 4.98 Å². The normalized spacial score (nSPS) is 20.4. The minimum Gasteiger partial charge on any atom is -0.333 e. The SMILES string of the molecule is CCCn1cncc1CN1CCCC1CC(C)=O. The number of Topliss-reactive ketones (excluding diaryl/α,β-unsaturated/α-hetero) is 1. The maximum Gasteiger partial charge on any atom is 0.131 e. The van der Waals surface area contributed by atoms with E-state index in [1.165, 1.54) is 12.1 Å². The second-order valence-electron chi connectivity index (χ2n) is 5.25. The lowest BCUT2D eigenvalue weighted by molar-refractivity contribution is -0.118. The van der Waals surface area contributed by atoms with Crippen molar-refractivity contribution in [3.8, 4) is 0 Å². The zero-order valence-corrected chi connectivity index (χ0v) is 11.4. The summed E-state index contributed by atoms with van der Waals surface area (Å²) >= 11 is 0. The highest BCUT2D eigenvalue weighted by atomic mass is 16.1. The largest absolute Gasteiger partial charge is 0.333 e. The fraction of sp³-hybridized carbons (Fsp3) is 0.714. The molecule has 4 nitrogen and oxygen atoms in total. The Balaban J connectivity index is 1.99. The second kappa shape index (κ2) is 6.14. The van der Waals surface area contributed by atoms with E-state index in [4.69, 9.17) is 0 Å². The van der Waals surface area contributed by atoms with Crippen LogP contribution in [-0.4, -0.2) is 32.8 Å². The van der Waals surface area contributed by atoms with Gasteiger partial charge in [0, 0.05) is 31.7 Å². The number of carbonyl (C=O) groups excluding carboxylic acids is 1. The molecule has 0 bridgehead atoms. The molecule has 1 aliphatic heterocycles. The Kier molecular flexibility index (Phi) is 4.53. The van der Waals surface area contributed by atoms with Crippen molar-refractivity contribution in [2.24, 2.45) is 0 Å². The van der Waals surface area contributed by atoms with Crippen molar-refractivity contribution in [1.29, 1.82) is 0 Å². The number of hydrogen-bond acceptors (Lipinski definition) is 3. The lowest BCUT2D eigenvalue weighted by Crippen LogP contribution is -2.31. The van der Waals surface area contributed by atoms with Crippen LogP contribution in [0.1, 0.15) is 45.2 Å². The van der Waals surface area contributed by atoms with Crippen LogP contribution in [0.2, 0.25) is 0 Å². The van der Waals surface area contributed by atoms with Gasteiger partial charge in [0.05, 0.1) is 12.0 Å². The van der Waals surface area contributed by atoms with Crippen LogP contribution in [0, 0.1) is 0 Å². The average molecular weight is 249 g/mol. The number of carbonyl (C=O) groups is 1. The quantitative estimate of drug-likeness (QED) is 0.776. The molecule has 0 saturated carbocycles. The summed E-state index contributed by atoms with van der Waals surface area (Å²) in [6.07, 6.45) is 8.05. The summed E-state index contributed by atoms with van der Waals surface area (Å²) in [7, 11) is 0. The summed E-state index contributed by atoms with van der Waals surface area (Å²) in [4.78, 5) is 17.9. The summed E-state index contributed by atoms with van der Waals surface area (Å²) < 4.78 is 2.23. The first kappa shape index (κ1) is 13.3. The molecule has 0 N–H and O–H groups in total. The summed E-state index contributed by atoms with van der Waals surface area (Å²) in [6, 6.07) is 0.437. The van der Waals surface area contributed by atoms with E-state index >= 15 is 0 Å². The molecular weight excluding hydrogens is 226 g/mol. The third-order valence-corrected chi connectivity index (χ3v) is 3.65. The molecule has 1 atom stereocenters. The van der Waals surface area contributed by atoms with Crippen molar-refractivity contribution in [3.63, 3.8) is 0 Å². The van der Waals surface area contributed by atoms with E-state index in [-0.39, 0.29) is 0 Å². The molecule has 1 aromatic heterocycles. The summed E-state index contributed by atoms with van der Waals surface area (Å²) in [5.74, 6) is 0.300. The fourth-order valence-electron chi connectivity index (χ4n) is 2.80. The van der Waals surface area contributed by atoms with Gasteiger partial charge in [-0.15, -0.1) is 0 Å². The predicted octanol–water partition coefficient (Wildman–Crippen LogP) is 2.24. The molecule has 0 amide bonds. The van der Waals surface area contributed by atoms with Crippen molar-refractivity contribution < 1.29 is 4.79 Å². The summed E-state index contributed by atoms with van der Waals surface area (Å²) in [5.41, 5.74) is 1.27. The Morgan fingerprint density at radius 1 is 1.56 bits per heavy atom. The molecule has 1 fully saturated rings. The van der Waals surface area contributed by atoms with Crippen LogP contribution in [0.3, 0.4) is 0 Å². The van der Waals surface area contributed by atoms with Gasteiger partial charge in [-0.05, 0) is 32.7 Å². The first-order valence-corrected chi connectivity index (χ1v) is 6.93. The van der Waals surface area contributed by atoms with E-state index in [2.05, 4.69) is 21.4 Å². The van der Waals surface area contributed by atoms with Crippen LogP contribution in [0.15, 0.2) is 12.5 Å². The third-order valence-electron chi connectivity index (χ3n) is 3.65. The van der Waals surface area contributed by atoms with E-state index in [9.17, 15) is 4.79 Å². The first-order valence-electron chi connectivity index (χ1n) is 6.93. The monoisotopic (exact) mass is 249 g/mol. The highest BCUT2D eigenvalue weighted by molar-refractivity contribution is 5.76. The van der Waals surface area contributed by atoms with E-state index in [1.807, 2.05) is 12.5 Å². The summed E-state index contributed by atoms with van der Waals surface area (Å²) in [5, 5.41) is 0. The number of rotatable bonds is 6. The molecule has 1 saturated heterocycles. The van der Waals surface area contributed by atoms with E-state index < -0.39 is 0 Å². The lowest BCUT2D eigenvalue weighted by Gasteiger charge is -2.23. The smallest absolute Gasteiger partial charge is 0.131 e. The molecule has 0 aromatic carbocycles. The number of aromatic nitrogens is 2. The van der Waals surface area contributed by atoms with Crippen molar-refractivity contribution >= 4 is 5.78 Å². The molecule has 2 rings (SSSR count). The zero-order chi connectivity index (χ0) is 13.0. The van der Waals surface area contributed by atoms with Crippen LogP contribution in [-0.2, 0) is 17.9 Å². The van der Waals surface area contributed by atoms with E-state index in [0.717, 1.165) is 32.5 Å². The van der Waals surface area contributed by atoms with Crippen molar-refractivity contribution in [2.75, 3.05) is 6.54 Å².